The van der Waals surface area contributed by atoms with E-state index in [-0.39, 0.29) is 5.56 Å². The second-order valence-electron chi connectivity index (χ2n) is 4.37. The van der Waals surface area contributed by atoms with Gasteiger partial charge in [0.1, 0.15) is 6.04 Å². The van der Waals surface area contributed by atoms with E-state index >= 15 is 0 Å². The third-order valence-electron chi connectivity index (χ3n) is 2.80. The van der Waals surface area contributed by atoms with Crippen LogP contribution in [0.4, 0.5) is 18.9 Å². The van der Waals surface area contributed by atoms with Gasteiger partial charge >= 0.3 is 0 Å². The molecule has 0 aromatic heterocycles. The fourth-order valence-corrected chi connectivity index (χ4v) is 1.83. The van der Waals surface area contributed by atoms with E-state index in [1.807, 2.05) is 19.1 Å². The molecule has 1 unspecified atom stereocenters. The molecule has 1 N–H and O–H groups in total. The highest BCUT2D eigenvalue weighted by atomic mass is 19.2. The van der Waals surface area contributed by atoms with Gasteiger partial charge in [0.2, 0.25) is 0 Å². The Balaban J connectivity index is 2.32. The van der Waals surface area contributed by atoms with Gasteiger partial charge in [-0.3, -0.25) is 0 Å². The zero-order valence-corrected chi connectivity index (χ0v) is 10.6. The summed E-state index contributed by atoms with van der Waals surface area (Å²) >= 11 is 0. The number of rotatable bonds is 3. The van der Waals surface area contributed by atoms with Crippen molar-refractivity contribution in [2.24, 2.45) is 0 Å². The SMILES string of the molecule is Cc1cccc(NC(C#N)c2cc(F)c(F)c(F)c2)c1. The Kier molecular flexibility index (Phi) is 3.94. The highest BCUT2D eigenvalue weighted by molar-refractivity contribution is 5.49. The van der Waals surface area contributed by atoms with Crippen molar-refractivity contribution >= 4 is 5.69 Å². The summed E-state index contributed by atoms with van der Waals surface area (Å²) in [6, 6.07) is 9.74. The molecule has 1 atom stereocenters. The molecule has 0 bridgehead atoms. The Hall–Kier alpha value is -2.48. The number of aryl methyl sites for hydroxylation is 1. The highest BCUT2D eigenvalue weighted by Gasteiger charge is 2.17. The first kappa shape index (κ1) is 13.9. The summed E-state index contributed by atoms with van der Waals surface area (Å²) in [4.78, 5) is 0. The molecule has 0 aliphatic heterocycles. The first-order chi connectivity index (χ1) is 9.51. The van der Waals surface area contributed by atoms with Gasteiger partial charge in [-0.2, -0.15) is 5.26 Å². The van der Waals surface area contributed by atoms with E-state index in [0.29, 0.717) is 5.69 Å². The van der Waals surface area contributed by atoms with Crippen molar-refractivity contribution in [2.75, 3.05) is 5.32 Å². The largest absolute Gasteiger partial charge is 0.366 e. The summed E-state index contributed by atoms with van der Waals surface area (Å²) in [7, 11) is 0. The molecule has 0 aliphatic rings. The smallest absolute Gasteiger partial charge is 0.194 e. The van der Waals surface area contributed by atoms with Crippen LogP contribution in [-0.2, 0) is 0 Å². The van der Waals surface area contributed by atoms with E-state index < -0.39 is 23.5 Å². The van der Waals surface area contributed by atoms with Gasteiger partial charge < -0.3 is 5.32 Å². The minimum atomic E-state index is -1.54. The molecule has 0 amide bonds. The maximum Gasteiger partial charge on any atom is 0.194 e. The molecule has 0 spiro atoms. The summed E-state index contributed by atoms with van der Waals surface area (Å²) in [6.07, 6.45) is 0. The van der Waals surface area contributed by atoms with E-state index in [1.54, 1.807) is 18.2 Å². The van der Waals surface area contributed by atoms with Crippen LogP contribution in [0.15, 0.2) is 36.4 Å². The second-order valence-corrected chi connectivity index (χ2v) is 4.37. The van der Waals surface area contributed by atoms with Crippen molar-refractivity contribution in [3.8, 4) is 6.07 Å². The number of hydrogen-bond donors (Lipinski definition) is 1. The van der Waals surface area contributed by atoms with Crippen LogP contribution in [0.2, 0.25) is 0 Å². The summed E-state index contributed by atoms with van der Waals surface area (Å²) < 4.78 is 39.3. The lowest BCUT2D eigenvalue weighted by Crippen LogP contribution is -2.10. The molecule has 2 rings (SSSR count). The van der Waals surface area contributed by atoms with Gasteiger partial charge in [0.25, 0.3) is 0 Å². The Bertz CT molecular complexity index is 654. The molecule has 0 aliphatic carbocycles. The van der Waals surface area contributed by atoms with Crippen molar-refractivity contribution in [1.82, 2.24) is 0 Å². The maximum atomic E-state index is 13.2. The predicted octanol–water partition coefficient (Wildman–Crippen LogP) is 4.09. The van der Waals surface area contributed by atoms with Gasteiger partial charge in [0.15, 0.2) is 17.5 Å². The van der Waals surface area contributed by atoms with Crippen molar-refractivity contribution in [3.63, 3.8) is 0 Å². The number of benzene rings is 2. The van der Waals surface area contributed by atoms with Gasteiger partial charge in [-0.1, -0.05) is 12.1 Å². The van der Waals surface area contributed by atoms with Gasteiger partial charge in [-0.05, 0) is 42.3 Å². The number of nitrogens with zero attached hydrogens (tertiary/aromatic N) is 1. The quantitative estimate of drug-likeness (QED) is 0.857. The van der Waals surface area contributed by atoms with Crippen molar-refractivity contribution in [1.29, 1.82) is 5.26 Å². The van der Waals surface area contributed by atoms with E-state index in [2.05, 4.69) is 5.32 Å². The summed E-state index contributed by atoms with van der Waals surface area (Å²) in [5, 5.41) is 12.0. The molecule has 0 saturated carbocycles. The third-order valence-corrected chi connectivity index (χ3v) is 2.80. The van der Waals surface area contributed by atoms with E-state index in [1.165, 1.54) is 0 Å². The van der Waals surface area contributed by atoms with Crippen molar-refractivity contribution < 1.29 is 13.2 Å². The molecule has 5 heteroatoms. The molecule has 0 radical (unpaired) electrons. The Morgan fingerprint density at radius 2 is 1.75 bits per heavy atom. The van der Waals surface area contributed by atoms with Crippen LogP contribution < -0.4 is 5.32 Å². The normalized spacial score (nSPS) is 11.8. The first-order valence-electron chi connectivity index (χ1n) is 5.88. The molecular formula is C15H11F3N2. The number of hydrogen-bond acceptors (Lipinski definition) is 2. The number of nitriles is 1. The number of anilines is 1. The van der Waals surface area contributed by atoms with Crippen LogP contribution in [0.25, 0.3) is 0 Å². The molecule has 0 heterocycles. The van der Waals surface area contributed by atoms with Crippen LogP contribution in [-0.4, -0.2) is 0 Å². The van der Waals surface area contributed by atoms with Crippen LogP contribution in [0.3, 0.4) is 0 Å². The predicted molar refractivity (Wildman–Crippen MR) is 69.5 cm³/mol. The van der Waals surface area contributed by atoms with Crippen LogP contribution in [0, 0.1) is 35.7 Å². The summed E-state index contributed by atoms with van der Waals surface area (Å²) in [5.41, 5.74) is 1.65. The molecule has 2 aromatic carbocycles. The second kappa shape index (κ2) is 5.66. The average Bonchev–Trinajstić information content (AvgIpc) is 2.41. The van der Waals surface area contributed by atoms with E-state index in [0.717, 1.165) is 17.7 Å². The van der Waals surface area contributed by atoms with Crippen LogP contribution in [0.1, 0.15) is 17.2 Å². The zero-order valence-electron chi connectivity index (χ0n) is 10.6. The Morgan fingerprint density at radius 3 is 2.30 bits per heavy atom. The molecule has 2 nitrogen and oxygen atoms in total. The third kappa shape index (κ3) is 2.91. The lowest BCUT2D eigenvalue weighted by molar-refractivity contribution is 0.445. The minimum absolute atomic E-state index is 0.0328. The fraction of sp³-hybridized carbons (Fsp3) is 0.133. The lowest BCUT2D eigenvalue weighted by Gasteiger charge is -2.14. The highest BCUT2D eigenvalue weighted by Crippen LogP contribution is 2.23. The molecule has 2 aromatic rings. The fourth-order valence-electron chi connectivity index (χ4n) is 1.83. The Labute approximate surface area is 114 Å². The minimum Gasteiger partial charge on any atom is -0.366 e. The number of halogens is 3. The van der Waals surface area contributed by atoms with Gasteiger partial charge in [-0.25, -0.2) is 13.2 Å². The molecule has 0 saturated heterocycles. The van der Waals surface area contributed by atoms with Crippen LogP contribution >= 0.6 is 0 Å². The van der Waals surface area contributed by atoms with Crippen molar-refractivity contribution in [2.45, 2.75) is 13.0 Å². The average molecular weight is 276 g/mol. The van der Waals surface area contributed by atoms with Gasteiger partial charge in [0, 0.05) is 5.69 Å². The number of nitrogens with one attached hydrogen (secondary N) is 1. The van der Waals surface area contributed by atoms with E-state index in [9.17, 15) is 13.2 Å². The monoisotopic (exact) mass is 276 g/mol. The first-order valence-corrected chi connectivity index (χ1v) is 5.88. The molecule has 0 fully saturated rings. The molecule has 20 heavy (non-hydrogen) atoms. The van der Waals surface area contributed by atoms with E-state index in [4.69, 9.17) is 5.26 Å². The Morgan fingerprint density at radius 1 is 1.10 bits per heavy atom. The summed E-state index contributed by atoms with van der Waals surface area (Å²) in [5.74, 6) is -4.17. The molecule has 102 valence electrons. The van der Waals surface area contributed by atoms with Gasteiger partial charge in [0.05, 0.1) is 6.07 Å². The standard InChI is InChI=1S/C15H11F3N2/c1-9-3-2-4-11(5-9)20-14(8-19)10-6-12(16)15(18)13(17)7-10/h2-7,14,20H,1H3. The topological polar surface area (TPSA) is 35.8 Å². The van der Waals surface area contributed by atoms with Gasteiger partial charge in [-0.15, -0.1) is 0 Å². The molecular weight excluding hydrogens is 265 g/mol. The van der Waals surface area contributed by atoms with Crippen molar-refractivity contribution in [3.05, 3.63) is 65.0 Å². The summed E-state index contributed by atoms with van der Waals surface area (Å²) in [6.45, 7) is 1.88. The maximum absolute atomic E-state index is 13.2. The van der Waals surface area contributed by atoms with Crippen LogP contribution in [0.5, 0.6) is 0 Å². The zero-order chi connectivity index (χ0) is 14.7. The lowest BCUT2D eigenvalue weighted by atomic mass is 10.1.